The van der Waals surface area contributed by atoms with Gasteiger partial charge in [0.05, 0.1) is 25.4 Å². The summed E-state index contributed by atoms with van der Waals surface area (Å²) < 4.78 is 17.2. The minimum atomic E-state index is 0.117. The molecule has 146 valence electrons. The summed E-state index contributed by atoms with van der Waals surface area (Å²) in [6.45, 7) is 11.9. The number of ether oxygens (including phenoxy) is 3. The minimum Gasteiger partial charge on any atom is -0.379 e. The lowest BCUT2D eigenvalue weighted by Crippen LogP contribution is -2.64. The van der Waals surface area contributed by atoms with Crippen LogP contribution in [0.15, 0.2) is 4.99 Å². The van der Waals surface area contributed by atoms with E-state index in [2.05, 4.69) is 43.3 Å². The van der Waals surface area contributed by atoms with E-state index in [1.807, 2.05) is 7.05 Å². The number of rotatable bonds is 9. The number of hydrogen-bond donors (Lipinski definition) is 2. The second-order valence-corrected chi connectivity index (χ2v) is 7.90. The third-order valence-corrected chi connectivity index (χ3v) is 5.38. The van der Waals surface area contributed by atoms with Gasteiger partial charge in [0.15, 0.2) is 5.96 Å². The van der Waals surface area contributed by atoms with Crippen LogP contribution in [0.2, 0.25) is 0 Å². The van der Waals surface area contributed by atoms with Gasteiger partial charge < -0.3 is 24.8 Å². The van der Waals surface area contributed by atoms with Crippen molar-refractivity contribution in [1.29, 1.82) is 0 Å². The molecule has 2 fully saturated rings. The van der Waals surface area contributed by atoms with Gasteiger partial charge in [0.25, 0.3) is 0 Å². The molecule has 6 heteroatoms. The summed E-state index contributed by atoms with van der Waals surface area (Å²) in [5.41, 5.74) is 0.117. The number of aliphatic imine (C=N–C) groups is 1. The Morgan fingerprint density at radius 1 is 1.36 bits per heavy atom. The predicted octanol–water partition coefficient (Wildman–Crippen LogP) is 2.33. The standard InChI is InChI=1S/C19H37N3O3/c1-6-7-9-24-17-11-16(19(17,3)4)22-18(20-5)21-14(2)12-25-15-8-10-23-13-15/h14-17H,6-13H2,1-5H3,(H2,20,21,22). The summed E-state index contributed by atoms with van der Waals surface area (Å²) >= 11 is 0. The van der Waals surface area contributed by atoms with Crippen molar-refractivity contribution in [2.24, 2.45) is 10.4 Å². The molecular weight excluding hydrogens is 318 g/mol. The zero-order valence-corrected chi connectivity index (χ0v) is 16.6. The lowest BCUT2D eigenvalue weighted by molar-refractivity contribution is -0.113. The van der Waals surface area contributed by atoms with Gasteiger partial charge in [-0.25, -0.2) is 0 Å². The highest BCUT2D eigenvalue weighted by Gasteiger charge is 2.49. The lowest BCUT2D eigenvalue weighted by atomic mass is 9.64. The molecule has 0 spiro atoms. The summed E-state index contributed by atoms with van der Waals surface area (Å²) in [6, 6.07) is 0.577. The van der Waals surface area contributed by atoms with Gasteiger partial charge in [-0.15, -0.1) is 0 Å². The molecule has 0 bridgehead atoms. The molecule has 2 aliphatic rings. The lowest BCUT2D eigenvalue weighted by Gasteiger charge is -2.52. The van der Waals surface area contributed by atoms with E-state index in [-0.39, 0.29) is 17.6 Å². The maximum atomic E-state index is 6.02. The monoisotopic (exact) mass is 355 g/mol. The van der Waals surface area contributed by atoms with Crippen LogP contribution in [0.25, 0.3) is 0 Å². The summed E-state index contributed by atoms with van der Waals surface area (Å²) in [5.74, 6) is 0.837. The zero-order valence-electron chi connectivity index (χ0n) is 16.6. The Morgan fingerprint density at radius 3 is 2.76 bits per heavy atom. The van der Waals surface area contributed by atoms with Crippen molar-refractivity contribution < 1.29 is 14.2 Å². The van der Waals surface area contributed by atoms with E-state index in [0.717, 1.165) is 45.0 Å². The molecule has 1 aliphatic carbocycles. The quantitative estimate of drug-likeness (QED) is 0.378. The van der Waals surface area contributed by atoms with Crippen LogP contribution in [-0.4, -0.2) is 63.7 Å². The van der Waals surface area contributed by atoms with E-state index in [9.17, 15) is 0 Å². The molecule has 25 heavy (non-hydrogen) atoms. The molecule has 1 saturated carbocycles. The van der Waals surface area contributed by atoms with Crippen LogP contribution in [0, 0.1) is 5.41 Å². The van der Waals surface area contributed by atoms with Crippen LogP contribution in [0.1, 0.15) is 53.4 Å². The van der Waals surface area contributed by atoms with Crippen LogP contribution < -0.4 is 10.6 Å². The van der Waals surface area contributed by atoms with E-state index in [0.29, 0.717) is 18.8 Å². The minimum absolute atomic E-state index is 0.117. The first kappa shape index (κ1) is 20.5. The Balaban J connectivity index is 1.70. The summed E-state index contributed by atoms with van der Waals surface area (Å²) in [7, 11) is 1.81. The average molecular weight is 356 g/mol. The molecule has 2 N–H and O–H groups in total. The van der Waals surface area contributed by atoms with Gasteiger partial charge in [0.1, 0.15) is 0 Å². The molecular formula is C19H37N3O3. The topological polar surface area (TPSA) is 64.1 Å². The maximum absolute atomic E-state index is 6.02. The number of nitrogens with one attached hydrogen (secondary N) is 2. The van der Waals surface area contributed by atoms with Gasteiger partial charge in [-0.1, -0.05) is 27.2 Å². The fraction of sp³-hybridized carbons (Fsp3) is 0.947. The van der Waals surface area contributed by atoms with Crippen molar-refractivity contribution in [2.45, 2.75) is 77.7 Å². The van der Waals surface area contributed by atoms with Gasteiger partial charge in [0.2, 0.25) is 0 Å². The largest absolute Gasteiger partial charge is 0.379 e. The first-order valence-corrected chi connectivity index (χ1v) is 9.78. The molecule has 1 saturated heterocycles. The van der Waals surface area contributed by atoms with Crippen molar-refractivity contribution in [3.05, 3.63) is 0 Å². The van der Waals surface area contributed by atoms with Gasteiger partial charge in [-0.2, -0.15) is 0 Å². The molecule has 0 amide bonds. The summed E-state index contributed by atoms with van der Waals surface area (Å²) in [5, 5.41) is 6.98. The highest BCUT2D eigenvalue weighted by atomic mass is 16.5. The van der Waals surface area contributed by atoms with Gasteiger partial charge >= 0.3 is 0 Å². The van der Waals surface area contributed by atoms with Crippen molar-refractivity contribution in [2.75, 3.05) is 33.5 Å². The van der Waals surface area contributed by atoms with Crippen molar-refractivity contribution in [1.82, 2.24) is 10.6 Å². The summed E-state index contributed by atoms with van der Waals surface area (Å²) in [6.07, 6.45) is 4.91. The van der Waals surface area contributed by atoms with Gasteiger partial charge in [-0.3, -0.25) is 4.99 Å². The zero-order chi connectivity index (χ0) is 18.3. The van der Waals surface area contributed by atoms with E-state index in [1.165, 1.54) is 6.42 Å². The van der Waals surface area contributed by atoms with Crippen LogP contribution in [-0.2, 0) is 14.2 Å². The molecule has 1 aliphatic heterocycles. The smallest absolute Gasteiger partial charge is 0.191 e. The van der Waals surface area contributed by atoms with Crippen LogP contribution in [0.3, 0.4) is 0 Å². The van der Waals surface area contributed by atoms with Gasteiger partial charge in [0, 0.05) is 37.8 Å². The SMILES string of the molecule is CCCCOC1CC(NC(=NC)NC(C)COC2CCOC2)C1(C)C. The molecule has 0 radical (unpaired) electrons. The van der Waals surface area contributed by atoms with E-state index < -0.39 is 0 Å². The molecule has 2 rings (SSSR count). The Bertz CT molecular complexity index is 422. The van der Waals surface area contributed by atoms with Gasteiger partial charge in [-0.05, 0) is 26.2 Å². The molecule has 4 atom stereocenters. The Labute approximate surface area is 153 Å². The van der Waals surface area contributed by atoms with Crippen molar-refractivity contribution >= 4 is 5.96 Å². The fourth-order valence-electron chi connectivity index (χ4n) is 3.32. The molecule has 0 aromatic heterocycles. The van der Waals surface area contributed by atoms with Crippen LogP contribution in [0.4, 0.5) is 0 Å². The number of hydrogen-bond acceptors (Lipinski definition) is 4. The van der Waals surface area contributed by atoms with Crippen molar-refractivity contribution in [3.63, 3.8) is 0 Å². The second kappa shape index (κ2) is 9.74. The third kappa shape index (κ3) is 5.83. The fourth-order valence-corrected chi connectivity index (χ4v) is 3.32. The first-order chi connectivity index (χ1) is 12.0. The molecule has 4 unspecified atom stereocenters. The van der Waals surface area contributed by atoms with Crippen LogP contribution in [0.5, 0.6) is 0 Å². The molecule has 0 aromatic rings. The highest BCUT2D eigenvalue weighted by molar-refractivity contribution is 5.80. The molecule has 0 aromatic carbocycles. The Hall–Kier alpha value is -0.850. The van der Waals surface area contributed by atoms with Crippen LogP contribution >= 0.6 is 0 Å². The maximum Gasteiger partial charge on any atom is 0.191 e. The first-order valence-electron chi connectivity index (χ1n) is 9.78. The van der Waals surface area contributed by atoms with E-state index in [1.54, 1.807) is 0 Å². The highest BCUT2D eigenvalue weighted by Crippen LogP contribution is 2.42. The summed E-state index contributed by atoms with van der Waals surface area (Å²) in [4.78, 5) is 4.37. The normalized spacial score (nSPS) is 30.0. The average Bonchev–Trinajstić information content (AvgIpc) is 3.11. The van der Waals surface area contributed by atoms with E-state index in [4.69, 9.17) is 14.2 Å². The Morgan fingerprint density at radius 2 is 2.16 bits per heavy atom. The molecule has 1 heterocycles. The second-order valence-electron chi connectivity index (χ2n) is 7.90. The number of nitrogens with zero attached hydrogens (tertiary/aromatic N) is 1. The predicted molar refractivity (Wildman–Crippen MR) is 101 cm³/mol. The van der Waals surface area contributed by atoms with Crippen molar-refractivity contribution in [3.8, 4) is 0 Å². The Kier molecular flexibility index (Phi) is 7.97. The number of guanidine groups is 1. The third-order valence-electron chi connectivity index (χ3n) is 5.38. The number of unbranched alkanes of at least 4 members (excludes halogenated alkanes) is 1. The van der Waals surface area contributed by atoms with E-state index >= 15 is 0 Å². The molecule has 6 nitrogen and oxygen atoms in total.